The minimum absolute atomic E-state index is 0.156. The van der Waals surface area contributed by atoms with E-state index in [0.717, 1.165) is 19.5 Å². The standard InChI is InChI=1S/C15H28N2O2/c1-14(2,3)19-13(18)16-10-8-15(4,5)17-9-6-7-12(17)11-16/h12H,6-11H2,1-5H3. The van der Waals surface area contributed by atoms with Crippen LogP contribution >= 0.6 is 0 Å². The summed E-state index contributed by atoms with van der Waals surface area (Å²) in [6.07, 6.45) is 3.30. The van der Waals surface area contributed by atoms with Gasteiger partial charge in [-0.15, -0.1) is 0 Å². The van der Waals surface area contributed by atoms with Crippen molar-refractivity contribution in [3.63, 3.8) is 0 Å². The Hall–Kier alpha value is -0.770. The Labute approximate surface area is 117 Å². The van der Waals surface area contributed by atoms with Crippen LogP contribution in [0.3, 0.4) is 0 Å². The molecule has 4 heteroatoms. The van der Waals surface area contributed by atoms with Gasteiger partial charge in [-0.1, -0.05) is 0 Å². The highest BCUT2D eigenvalue weighted by atomic mass is 16.6. The van der Waals surface area contributed by atoms with Gasteiger partial charge in [-0.25, -0.2) is 4.79 Å². The number of hydrogen-bond donors (Lipinski definition) is 0. The van der Waals surface area contributed by atoms with Crippen LogP contribution in [0.5, 0.6) is 0 Å². The number of ether oxygens (including phenoxy) is 1. The molecule has 4 nitrogen and oxygen atoms in total. The smallest absolute Gasteiger partial charge is 0.410 e. The molecular weight excluding hydrogens is 240 g/mol. The van der Waals surface area contributed by atoms with Crippen molar-refractivity contribution >= 4 is 6.09 Å². The third-order valence-corrected chi connectivity index (χ3v) is 4.23. The zero-order chi connectivity index (χ0) is 14.3. The number of fused-ring (bicyclic) bond motifs is 1. The first kappa shape index (κ1) is 14.6. The lowest BCUT2D eigenvalue weighted by Crippen LogP contribution is -2.47. The SMILES string of the molecule is CC(C)(C)OC(=O)N1CCC(C)(C)N2CCCC2C1. The maximum absolute atomic E-state index is 12.3. The van der Waals surface area contributed by atoms with Gasteiger partial charge in [0, 0.05) is 24.7 Å². The highest BCUT2D eigenvalue weighted by Gasteiger charge is 2.41. The molecule has 2 aliphatic rings. The molecule has 2 rings (SSSR count). The summed E-state index contributed by atoms with van der Waals surface area (Å²) in [7, 11) is 0. The van der Waals surface area contributed by atoms with Crippen molar-refractivity contribution in [1.82, 2.24) is 9.80 Å². The molecule has 1 amide bonds. The van der Waals surface area contributed by atoms with E-state index in [9.17, 15) is 4.79 Å². The minimum atomic E-state index is -0.408. The molecule has 0 saturated carbocycles. The molecule has 2 saturated heterocycles. The number of carbonyl (C=O) groups is 1. The van der Waals surface area contributed by atoms with Crippen LogP contribution in [0.15, 0.2) is 0 Å². The summed E-state index contributed by atoms with van der Waals surface area (Å²) in [4.78, 5) is 16.7. The largest absolute Gasteiger partial charge is 0.444 e. The second kappa shape index (κ2) is 4.97. The maximum atomic E-state index is 12.3. The summed E-state index contributed by atoms with van der Waals surface area (Å²) in [5.74, 6) is 0. The predicted molar refractivity (Wildman–Crippen MR) is 76.2 cm³/mol. The van der Waals surface area contributed by atoms with Crippen LogP contribution in [-0.2, 0) is 4.74 Å². The maximum Gasteiger partial charge on any atom is 0.410 e. The van der Waals surface area contributed by atoms with E-state index < -0.39 is 5.60 Å². The summed E-state index contributed by atoms with van der Waals surface area (Å²) in [5.41, 5.74) is -0.216. The average Bonchev–Trinajstić information content (AvgIpc) is 2.65. The molecule has 2 aliphatic heterocycles. The van der Waals surface area contributed by atoms with E-state index in [1.807, 2.05) is 25.7 Å². The first-order valence-electron chi connectivity index (χ1n) is 7.44. The lowest BCUT2D eigenvalue weighted by molar-refractivity contribution is 0.0238. The van der Waals surface area contributed by atoms with Crippen molar-refractivity contribution in [2.24, 2.45) is 0 Å². The molecule has 19 heavy (non-hydrogen) atoms. The normalized spacial score (nSPS) is 27.8. The summed E-state index contributed by atoms with van der Waals surface area (Å²) in [6, 6.07) is 0.505. The second-order valence-corrected chi connectivity index (χ2v) is 7.48. The molecule has 0 aromatic carbocycles. The van der Waals surface area contributed by atoms with Crippen LogP contribution in [0.1, 0.15) is 53.9 Å². The van der Waals surface area contributed by atoms with E-state index in [2.05, 4.69) is 18.7 Å². The first-order chi connectivity index (χ1) is 8.69. The van der Waals surface area contributed by atoms with Gasteiger partial charge < -0.3 is 9.64 Å². The average molecular weight is 268 g/mol. The van der Waals surface area contributed by atoms with Crippen molar-refractivity contribution in [2.45, 2.75) is 71.1 Å². The van der Waals surface area contributed by atoms with Gasteiger partial charge in [0.1, 0.15) is 5.60 Å². The van der Waals surface area contributed by atoms with Crippen LogP contribution in [0.25, 0.3) is 0 Å². The molecule has 0 aromatic heterocycles. The van der Waals surface area contributed by atoms with E-state index in [1.165, 1.54) is 19.4 Å². The molecule has 0 N–H and O–H groups in total. The van der Waals surface area contributed by atoms with Gasteiger partial charge in [0.05, 0.1) is 0 Å². The third kappa shape index (κ3) is 3.41. The third-order valence-electron chi connectivity index (χ3n) is 4.23. The Morgan fingerprint density at radius 3 is 2.58 bits per heavy atom. The van der Waals surface area contributed by atoms with Crippen LogP contribution in [-0.4, -0.2) is 52.7 Å². The van der Waals surface area contributed by atoms with Gasteiger partial charge in [-0.05, 0) is 60.4 Å². The zero-order valence-corrected chi connectivity index (χ0v) is 13.0. The second-order valence-electron chi connectivity index (χ2n) is 7.48. The van der Waals surface area contributed by atoms with Gasteiger partial charge in [-0.2, -0.15) is 0 Å². The van der Waals surface area contributed by atoms with Crippen LogP contribution in [0.4, 0.5) is 4.79 Å². The fraction of sp³-hybridized carbons (Fsp3) is 0.933. The van der Waals surface area contributed by atoms with Crippen LogP contribution < -0.4 is 0 Å². The number of carbonyl (C=O) groups excluding carboxylic acids is 1. The van der Waals surface area contributed by atoms with Crippen LogP contribution in [0.2, 0.25) is 0 Å². The van der Waals surface area contributed by atoms with Crippen molar-refractivity contribution in [3.05, 3.63) is 0 Å². The topological polar surface area (TPSA) is 32.8 Å². The minimum Gasteiger partial charge on any atom is -0.444 e. The van der Waals surface area contributed by atoms with Gasteiger partial charge in [0.25, 0.3) is 0 Å². The summed E-state index contributed by atoms with van der Waals surface area (Å²) >= 11 is 0. The van der Waals surface area contributed by atoms with Crippen molar-refractivity contribution in [1.29, 1.82) is 0 Å². The lowest BCUT2D eigenvalue weighted by atomic mass is 9.98. The highest BCUT2D eigenvalue weighted by Crippen LogP contribution is 2.32. The van der Waals surface area contributed by atoms with Crippen LogP contribution in [0, 0.1) is 0 Å². The van der Waals surface area contributed by atoms with Gasteiger partial charge in [-0.3, -0.25) is 4.90 Å². The summed E-state index contributed by atoms with van der Waals surface area (Å²) in [5, 5.41) is 0. The van der Waals surface area contributed by atoms with Crippen molar-refractivity contribution in [2.75, 3.05) is 19.6 Å². The molecule has 0 spiro atoms. The monoisotopic (exact) mass is 268 g/mol. The lowest BCUT2D eigenvalue weighted by Gasteiger charge is -2.37. The van der Waals surface area contributed by atoms with E-state index in [1.54, 1.807) is 0 Å². The van der Waals surface area contributed by atoms with Gasteiger partial charge >= 0.3 is 6.09 Å². The van der Waals surface area contributed by atoms with E-state index in [0.29, 0.717) is 6.04 Å². The van der Waals surface area contributed by atoms with E-state index in [4.69, 9.17) is 4.74 Å². The van der Waals surface area contributed by atoms with E-state index in [-0.39, 0.29) is 11.6 Å². The molecule has 110 valence electrons. The Morgan fingerprint density at radius 1 is 1.26 bits per heavy atom. The predicted octanol–water partition coefficient (Wildman–Crippen LogP) is 2.87. The van der Waals surface area contributed by atoms with Crippen molar-refractivity contribution < 1.29 is 9.53 Å². The zero-order valence-electron chi connectivity index (χ0n) is 13.0. The quantitative estimate of drug-likeness (QED) is 0.677. The fourth-order valence-corrected chi connectivity index (χ4v) is 3.21. The van der Waals surface area contributed by atoms with Crippen molar-refractivity contribution in [3.8, 4) is 0 Å². The molecule has 2 heterocycles. The Bertz CT molecular complexity index is 347. The van der Waals surface area contributed by atoms with Gasteiger partial charge in [0.2, 0.25) is 0 Å². The first-order valence-corrected chi connectivity index (χ1v) is 7.44. The number of nitrogens with zero attached hydrogens (tertiary/aromatic N) is 2. The number of rotatable bonds is 0. The fourth-order valence-electron chi connectivity index (χ4n) is 3.21. The molecule has 0 aromatic rings. The number of hydrogen-bond acceptors (Lipinski definition) is 3. The summed E-state index contributed by atoms with van der Waals surface area (Å²) in [6.45, 7) is 13.2. The Balaban J connectivity index is 2.06. The summed E-state index contributed by atoms with van der Waals surface area (Å²) < 4.78 is 5.52. The van der Waals surface area contributed by atoms with Gasteiger partial charge in [0.15, 0.2) is 0 Å². The number of amides is 1. The Kier molecular flexibility index (Phi) is 3.83. The molecule has 0 radical (unpaired) electrons. The molecule has 0 aliphatic carbocycles. The molecule has 0 bridgehead atoms. The molecular formula is C15H28N2O2. The molecule has 2 fully saturated rings. The molecule has 1 atom stereocenters. The van der Waals surface area contributed by atoms with E-state index >= 15 is 0 Å². The molecule has 1 unspecified atom stereocenters. The Morgan fingerprint density at radius 2 is 1.95 bits per heavy atom. The highest BCUT2D eigenvalue weighted by molar-refractivity contribution is 5.68.